The van der Waals surface area contributed by atoms with Gasteiger partial charge in [-0.05, 0) is 49.8 Å². The highest BCUT2D eigenvalue weighted by Gasteiger charge is 2.33. The van der Waals surface area contributed by atoms with Crippen LogP contribution < -0.4 is 26.8 Å². The highest BCUT2D eigenvalue weighted by Crippen LogP contribution is 2.40. The number of nitrogens with one attached hydrogen (secondary N) is 3. The fraction of sp³-hybridized carbons (Fsp3) is 0.333. The van der Waals surface area contributed by atoms with Gasteiger partial charge in [-0.3, -0.25) is 24.5 Å². The maximum atomic E-state index is 12.5. The van der Waals surface area contributed by atoms with E-state index in [1.165, 1.54) is 18.2 Å². The smallest absolute Gasteiger partial charge is 0.317 e. The lowest BCUT2D eigenvalue weighted by molar-refractivity contribution is -0.135. The summed E-state index contributed by atoms with van der Waals surface area (Å²) in [5.41, 5.74) is -1.29. The van der Waals surface area contributed by atoms with Crippen LogP contribution in [-0.2, 0) is 4.79 Å². The van der Waals surface area contributed by atoms with Crippen LogP contribution in [0.5, 0.6) is 5.75 Å². The number of aryl methyl sites for hydroxylation is 1. The van der Waals surface area contributed by atoms with E-state index < -0.39 is 34.9 Å². The van der Waals surface area contributed by atoms with E-state index in [-0.39, 0.29) is 40.5 Å². The third kappa shape index (κ3) is 5.25. The molecule has 3 aromatic rings. The number of aliphatic carboxylic acids is 1. The molecule has 2 aromatic carbocycles. The molecule has 0 amide bonds. The zero-order chi connectivity index (χ0) is 25.1. The second kappa shape index (κ2) is 10.4. The van der Waals surface area contributed by atoms with Gasteiger partial charge >= 0.3 is 5.97 Å². The van der Waals surface area contributed by atoms with E-state index in [2.05, 4.69) is 16.0 Å². The first kappa shape index (κ1) is 24.6. The number of para-hydroxylation sites is 1. The number of carbonyl (C=O) groups is 2. The minimum Gasteiger partial charge on any atom is -0.505 e. The van der Waals surface area contributed by atoms with E-state index in [0.29, 0.717) is 5.76 Å². The Bertz CT molecular complexity index is 1320. The number of benzene rings is 1. The Labute approximate surface area is 204 Å². The average molecular weight is 500 g/mol. The summed E-state index contributed by atoms with van der Waals surface area (Å²) in [5, 5.41) is 27.9. The Kier molecular flexibility index (Phi) is 7.27. The third-order valence-electron chi connectivity index (χ3n) is 5.77. The molecule has 10 nitrogen and oxygen atoms in total. The maximum absolute atomic E-state index is 12.5. The molecule has 5 N–H and O–H groups in total. The van der Waals surface area contributed by atoms with Crippen molar-refractivity contribution in [2.24, 2.45) is 0 Å². The standard InChI is InChI=1S/C24H25N3O7S/c1-12-7-8-16(34-12)19(17-6-3-9-35-17)27-21-20(23(32)24(21)33)26-14-5-2-4-13(22(14)31)15(28)10-25-11-18(29)30/h2,4-5,7-8,17,19,25-27,31H,3,6,9-11H2,1H3,(H,29,30). The van der Waals surface area contributed by atoms with Crippen LogP contribution >= 0.6 is 11.8 Å². The highest BCUT2D eigenvalue weighted by molar-refractivity contribution is 8.00. The lowest BCUT2D eigenvalue weighted by atomic mass is 10.0. The largest absolute Gasteiger partial charge is 0.505 e. The number of hydrogen-bond acceptors (Lipinski definition) is 10. The average Bonchev–Trinajstić information content (AvgIpc) is 3.51. The normalized spacial score (nSPS) is 16.3. The van der Waals surface area contributed by atoms with E-state index in [9.17, 15) is 24.3 Å². The quantitative estimate of drug-likeness (QED) is 0.150. The fourth-order valence-corrected chi connectivity index (χ4v) is 5.38. The number of phenolic OH excluding ortho intramolecular Hbond substituents is 1. The van der Waals surface area contributed by atoms with Crippen LogP contribution in [0.1, 0.15) is 40.8 Å². The summed E-state index contributed by atoms with van der Waals surface area (Å²) in [5.74, 6) is 0.361. The molecule has 184 valence electrons. The summed E-state index contributed by atoms with van der Waals surface area (Å²) in [6, 6.07) is 7.74. The number of furan rings is 1. The zero-order valence-corrected chi connectivity index (χ0v) is 19.7. The van der Waals surface area contributed by atoms with Crippen molar-refractivity contribution in [1.82, 2.24) is 5.32 Å². The predicted octanol–water partition coefficient (Wildman–Crippen LogP) is 2.54. The number of anilines is 3. The van der Waals surface area contributed by atoms with E-state index in [1.807, 2.05) is 19.1 Å². The first-order valence-corrected chi connectivity index (χ1v) is 12.1. The first-order valence-electron chi connectivity index (χ1n) is 11.1. The summed E-state index contributed by atoms with van der Waals surface area (Å²) >= 11 is 1.77. The minimum atomic E-state index is -1.11. The van der Waals surface area contributed by atoms with Crippen LogP contribution in [-0.4, -0.2) is 46.1 Å². The third-order valence-corrected chi connectivity index (χ3v) is 7.23. The number of aromatic hydroxyl groups is 1. The van der Waals surface area contributed by atoms with Gasteiger partial charge < -0.3 is 25.3 Å². The molecule has 1 fully saturated rings. The Morgan fingerprint density at radius 2 is 1.91 bits per heavy atom. The van der Waals surface area contributed by atoms with Crippen molar-refractivity contribution in [2.75, 3.05) is 29.5 Å². The molecule has 2 heterocycles. The summed E-state index contributed by atoms with van der Waals surface area (Å²) < 4.78 is 5.82. The monoisotopic (exact) mass is 499 g/mol. The zero-order valence-electron chi connectivity index (χ0n) is 18.9. The number of ketones is 1. The van der Waals surface area contributed by atoms with Crippen molar-refractivity contribution in [3.63, 3.8) is 0 Å². The summed E-state index contributed by atoms with van der Waals surface area (Å²) in [4.78, 5) is 47.9. The molecule has 1 aromatic heterocycles. The number of phenols is 1. The fourth-order valence-electron chi connectivity index (χ4n) is 4.02. The number of Topliss-reactive ketones (excluding diaryl/α,β-unsaturated/α-hetero) is 1. The summed E-state index contributed by atoms with van der Waals surface area (Å²) in [6.07, 6.45) is 1.97. The van der Waals surface area contributed by atoms with Gasteiger partial charge in [-0.2, -0.15) is 11.8 Å². The maximum Gasteiger partial charge on any atom is 0.317 e. The Hall–Kier alpha value is -3.57. The van der Waals surface area contributed by atoms with Crippen LogP contribution in [0, 0.1) is 6.92 Å². The molecule has 0 bridgehead atoms. The second-order valence-electron chi connectivity index (χ2n) is 8.28. The van der Waals surface area contributed by atoms with Gasteiger partial charge in [-0.1, -0.05) is 6.07 Å². The van der Waals surface area contributed by atoms with Crippen molar-refractivity contribution < 1.29 is 24.2 Å². The predicted molar refractivity (Wildman–Crippen MR) is 133 cm³/mol. The van der Waals surface area contributed by atoms with Gasteiger partial charge in [0.1, 0.15) is 28.6 Å². The molecule has 0 saturated carbocycles. The van der Waals surface area contributed by atoms with Crippen molar-refractivity contribution in [2.45, 2.75) is 31.1 Å². The molecule has 35 heavy (non-hydrogen) atoms. The van der Waals surface area contributed by atoms with Gasteiger partial charge in [0, 0.05) is 5.25 Å². The molecule has 1 saturated heterocycles. The van der Waals surface area contributed by atoms with Gasteiger partial charge in [0.2, 0.25) is 0 Å². The van der Waals surface area contributed by atoms with Crippen LogP contribution in [0.3, 0.4) is 0 Å². The Morgan fingerprint density at radius 3 is 2.57 bits per heavy atom. The highest BCUT2D eigenvalue weighted by atomic mass is 32.2. The van der Waals surface area contributed by atoms with Gasteiger partial charge in [-0.15, -0.1) is 0 Å². The molecule has 0 spiro atoms. The molecule has 4 rings (SSSR count). The minimum absolute atomic E-state index is 0.00447. The van der Waals surface area contributed by atoms with Gasteiger partial charge in [0.25, 0.3) is 10.9 Å². The molecular formula is C24H25N3O7S. The van der Waals surface area contributed by atoms with Crippen molar-refractivity contribution in [1.29, 1.82) is 0 Å². The Balaban J connectivity index is 1.56. The topological polar surface area (TPSA) is 158 Å². The van der Waals surface area contributed by atoms with Gasteiger partial charge in [0.05, 0.1) is 30.4 Å². The van der Waals surface area contributed by atoms with E-state index in [1.54, 1.807) is 11.8 Å². The number of rotatable bonds is 11. The van der Waals surface area contributed by atoms with Crippen LogP contribution in [0.15, 0.2) is 44.3 Å². The van der Waals surface area contributed by atoms with Crippen LogP contribution in [0.4, 0.5) is 17.1 Å². The lowest BCUT2D eigenvalue weighted by Gasteiger charge is -2.25. The Morgan fingerprint density at radius 1 is 1.14 bits per heavy atom. The molecular weight excluding hydrogens is 474 g/mol. The van der Waals surface area contributed by atoms with Crippen molar-refractivity contribution in [3.05, 3.63) is 67.9 Å². The van der Waals surface area contributed by atoms with Crippen LogP contribution in [0.25, 0.3) is 0 Å². The van der Waals surface area contributed by atoms with Crippen molar-refractivity contribution in [3.8, 4) is 5.75 Å². The first-order chi connectivity index (χ1) is 16.8. The number of carboxylic acids is 1. The number of thioether (sulfide) groups is 1. The molecule has 1 aliphatic rings. The van der Waals surface area contributed by atoms with E-state index in [4.69, 9.17) is 9.52 Å². The lowest BCUT2D eigenvalue weighted by Crippen LogP contribution is -2.38. The molecule has 1 aliphatic heterocycles. The van der Waals surface area contributed by atoms with Gasteiger partial charge in [-0.25, -0.2) is 0 Å². The molecule has 2 atom stereocenters. The molecule has 0 radical (unpaired) electrons. The number of carboxylic acid groups (broad SMARTS) is 1. The molecule has 11 heteroatoms. The van der Waals surface area contributed by atoms with E-state index >= 15 is 0 Å². The molecule has 0 aliphatic carbocycles. The van der Waals surface area contributed by atoms with Gasteiger partial charge in [0.15, 0.2) is 5.78 Å². The van der Waals surface area contributed by atoms with E-state index in [0.717, 1.165) is 24.4 Å². The SMILES string of the molecule is Cc1ccc(C(Nc2c(Nc3cccc(C(=O)CNCC(=O)O)c3O)c(=O)c2=O)C2CCCS2)o1. The second-order valence-corrected chi connectivity index (χ2v) is 9.62. The number of carbonyl (C=O) groups excluding carboxylic acids is 1. The summed E-state index contributed by atoms with van der Waals surface area (Å²) in [6.45, 7) is 1.14. The van der Waals surface area contributed by atoms with Crippen LogP contribution in [0.2, 0.25) is 0 Å². The summed E-state index contributed by atoms with van der Waals surface area (Å²) in [7, 11) is 0. The number of hydrogen-bond donors (Lipinski definition) is 5. The van der Waals surface area contributed by atoms with Crippen molar-refractivity contribution >= 4 is 40.6 Å². The molecule has 2 unspecified atom stereocenters.